The van der Waals surface area contributed by atoms with Crippen LogP contribution >= 0.6 is 0 Å². The first-order valence-corrected chi connectivity index (χ1v) is 11.4. The highest BCUT2D eigenvalue weighted by atomic mass is 16.5. The fraction of sp³-hybridized carbons (Fsp3) is 0.458. The molecule has 1 fully saturated rings. The summed E-state index contributed by atoms with van der Waals surface area (Å²) >= 11 is 0. The summed E-state index contributed by atoms with van der Waals surface area (Å²) in [5, 5.41) is 4.28. The second kappa shape index (κ2) is 10.3. The standard InChI is InChI=1S/C24H31N5O3/c1-3-31-19-7-8-22(32-4-2)21(13-19)26-14-18(30)12-17-6-5-11-29(15-17)24-20-9-10-25-23(20)27-16-28-24/h7-10,13,16-17,26H,3-6,11-12,14-15H2,1-2H3,(H,25,27,28)/t17-/m0/s1. The molecule has 0 bridgehead atoms. The number of aromatic amines is 1. The third kappa shape index (κ3) is 5.12. The van der Waals surface area contributed by atoms with E-state index >= 15 is 0 Å². The number of benzene rings is 1. The van der Waals surface area contributed by atoms with Gasteiger partial charge < -0.3 is 24.7 Å². The Bertz CT molecular complexity index is 1050. The van der Waals surface area contributed by atoms with Crippen LogP contribution in [-0.4, -0.2) is 53.6 Å². The zero-order valence-corrected chi connectivity index (χ0v) is 18.8. The molecule has 1 aromatic carbocycles. The molecular weight excluding hydrogens is 406 g/mol. The molecule has 8 heteroatoms. The predicted octanol–water partition coefficient (Wildman–Crippen LogP) is 4.04. The maximum absolute atomic E-state index is 12.8. The number of aromatic nitrogens is 3. The van der Waals surface area contributed by atoms with E-state index in [1.165, 1.54) is 0 Å². The Hall–Kier alpha value is -3.29. The number of Topliss-reactive ketones (excluding diaryl/α,β-unsaturated/α-hetero) is 1. The fourth-order valence-electron chi connectivity index (χ4n) is 4.31. The van der Waals surface area contributed by atoms with Gasteiger partial charge in [0.15, 0.2) is 5.78 Å². The second-order valence-electron chi connectivity index (χ2n) is 8.01. The average molecular weight is 438 g/mol. The number of nitrogens with zero attached hydrogens (tertiary/aromatic N) is 3. The molecule has 0 radical (unpaired) electrons. The highest BCUT2D eigenvalue weighted by Gasteiger charge is 2.24. The lowest BCUT2D eigenvalue weighted by molar-refractivity contribution is -0.118. The minimum atomic E-state index is 0.190. The molecule has 1 atom stereocenters. The fourth-order valence-corrected chi connectivity index (χ4v) is 4.31. The van der Waals surface area contributed by atoms with Gasteiger partial charge in [-0.3, -0.25) is 4.79 Å². The van der Waals surface area contributed by atoms with Crippen LogP contribution in [0.1, 0.15) is 33.1 Å². The molecule has 1 aliphatic rings. The highest BCUT2D eigenvalue weighted by molar-refractivity contribution is 5.87. The van der Waals surface area contributed by atoms with Crippen molar-refractivity contribution >= 4 is 28.3 Å². The molecule has 0 spiro atoms. The number of ether oxygens (including phenoxy) is 2. The number of ketones is 1. The maximum atomic E-state index is 12.8. The third-order valence-electron chi connectivity index (χ3n) is 5.71. The van der Waals surface area contributed by atoms with Crippen LogP contribution in [0.4, 0.5) is 11.5 Å². The van der Waals surface area contributed by atoms with Crippen molar-refractivity contribution in [3.8, 4) is 11.5 Å². The molecule has 0 saturated carbocycles. The smallest absolute Gasteiger partial charge is 0.152 e. The Morgan fingerprint density at radius 1 is 1.22 bits per heavy atom. The van der Waals surface area contributed by atoms with Gasteiger partial charge in [-0.1, -0.05) is 0 Å². The molecule has 4 rings (SSSR count). The summed E-state index contributed by atoms with van der Waals surface area (Å²) in [5.74, 6) is 2.93. The first-order valence-electron chi connectivity index (χ1n) is 11.4. The van der Waals surface area contributed by atoms with Crippen molar-refractivity contribution in [2.75, 3.05) is 43.1 Å². The number of rotatable bonds is 10. The van der Waals surface area contributed by atoms with Crippen molar-refractivity contribution in [3.63, 3.8) is 0 Å². The number of piperidine rings is 1. The van der Waals surface area contributed by atoms with Crippen LogP contribution in [0.3, 0.4) is 0 Å². The zero-order chi connectivity index (χ0) is 22.3. The number of H-pyrrole nitrogens is 1. The van der Waals surface area contributed by atoms with Gasteiger partial charge in [0.2, 0.25) is 0 Å². The zero-order valence-electron chi connectivity index (χ0n) is 18.8. The molecule has 1 aliphatic heterocycles. The van der Waals surface area contributed by atoms with E-state index in [4.69, 9.17) is 9.47 Å². The Labute approximate surface area is 188 Å². The van der Waals surface area contributed by atoms with Crippen LogP contribution in [0, 0.1) is 5.92 Å². The first kappa shape index (κ1) is 21.9. The van der Waals surface area contributed by atoms with Crippen LogP contribution in [0.15, 0.2) is 36.8 Å². The van der Waals surface area contributed by atoms with Crippen molar-refractivity contribution < 1.29 is 14.3 Å². The summed E-state index contributed by atoms with van der Waals surface area (Å²) in [5.41, 5.74) is 1.63. The van der Waals surface area contributed by atoms with Crippen molar-refractivity contribution in [3.05, 3.63) is 36.8 Å². The molecular formula is C24H31N5O3. The van der Waals surface area contributed by atoms with Gasteiger partial charge in [0.05, 0.1) is 30.8 Å². The van der Waals surface area contributed by atoms with E-state index in [0.717, 1.165) is 60.0 Å². The normalized spacial score (nSPS) is 16.2. The number of anilines is 2. The van der Waals surface area contributed by atoms with Gasteiger partial charge in [0.25, 0.3) is 0 Å². The topological polar surface area (TPSA) is 92.4 Å². The molecule has 0 amide bonds. The van der Waals surface area contributed by atoms with Crippen molar-refractivity contribution in [1.82, 2.24) is 15.0 Å². The Morgan fingerprint density at radius 2 is 2.09 bits per heavy atom. The number of carbonyl (C=O) groups is 1. The predicted molar refractivity (Wildman–Crippen MR) is 126 cm³/mol. The van der Waals surface area contributed by atoms with Crippen LogP contribution in [0.25, 0.3) is 11.0 Å². The molecule has 3 aromatic rings. The van der Waals surface area contributed by atoms with Gasteiger partial charge in [-0.15, -0.1) is 0 Å². The van der Waals surface area contributed by atoms with E-state index in [0.29, 0.717) is 25.6 Å². The molecule has 8 nitrogen and oxygen atoms in total. The van der Waals surface area contributed by atoms with Crippen molar-refractivity contribution in [2.45, 2.75) is 33.1 Å². The van der Waals surface area contributed by atoms with E-state index < -0.39 is 0 Å². The van der Waals surface area contributed by atoms with E-state index in [1.807, 2.05) is 44.3 Å². The van der Waals surface area contributed by atoms with Gasteiger partial charge in [-0.25, -0.2) is 9.97 Å². The summed E-state index contributed by atoms with van der Waals surface area (Å²) < 4.78 is 11.3. The minimum Gasteiger partial charge on any atom is -0.494 e. The van der Waals surface area contributed by atoms with E-state index in [2.05, 4.69) is 25.2 Å². The Balaban J connectivity index is 1.36. The highest BCUT2D eigenvalue weighted by Crippen LogP contribution is 2.30. The van der Waals surface area contributed by atoms with Gasteiger partial charge in [-0.05, 0) is 50.8 Å². The molecule has 32 heavy (non-hydrogen) atoms. The summed E-state index contributed by atoms with van der Waals surface area (Å²) in [7, 11) is 0. The lowest BCUT2D eigenvalue weighted by Crippen LogP contribution is -2.37. The molecule has 2 aromatic heterocycles. The molecule has 1 saturated heterocycles. The van der Waals surface area contributed by atoms with E-state index in [9.17, 15) is 4.79 Å². The summed E-state index contributed by atoms with van der Waals surface area (Å²) in [6.07, 6.45) is 6.12. The van der Waals surface area contributed by atoms with E-state index in [1.54, 1.807) is 6.33 Å². The lowest BCUT2D eigenvalue weighted by Gasteiger charge is -2.33. The van der Waals surface area contributed by atoms with Gasteiger partial charge in [0, 0.05) is 31.8 Å². The molecule has 3 heterocycles. The number of fused-ring (bicyclic) bond motifs is 1. The molecule has 0 unspecified atom stereocenters. The SMILES string of the molecule is CCOc1ccc(OCC)c(NCC(=O)C[C@@H]2CCCN(c3ncnc4[nH]ccc34)C2)c1. The van der Waals surface area contributed by atoms with Gasteiger partial charge in [0.1, 0.15) is 29.3 Å². The summed E-state index contributed by atoms with van der Waals surface area (Å²) in [6.45, 7) is 7.08. The second-order valence-corrected chi connectivity index (χ2v) is 8.01. The number of hydrogen-bond donors (Lipinski definition) is 2. The van der Waals surface area contributed by atoms with Crippen LogP contribution in [0.5, 0.6) is 11.5 Å². The minimum absolute atomic E-state index is 0.190. The van der Waals surface area contributed by atoms with Crippen LogP contribution in [-0.2, 0) is 4.79 Å². The summed E-state index contributed by atoms with van der Waals surface area (Å²) in [4.78, 5) is 27.0. The average Bonchev–Trinajstić information content (AvgIpc) is 3.29. The van der Waals surface area contributed by atoms with Gasteiger partial charge >= 0.3 is 0 Å². The molecule has 2 N–H and O–H groups in total. The van der Waals surface area contributed by atoms with Crippen molar-refractivity contribution in [1.29, 1.82) is 0 Å². The quantitative estimate of drug-likeness (QED) is 0.494. The number of hydrogen-bond acceptors (Lipinski definition) is 7. The largest absolute Gasteiger partial charge is 0.494 e. The van der Waals surface area contributed by atoms with Crippen LogP contribution in [0.2, 0.25) is 0 Å². The Morgan fingerprint density at radius 3 is 2.94 bits per heavy atom. The van der Waals surface area contributed by atoms with Crippen LogP contribution < -0.4 is 19.7 Å². The summed E-state index contributed by atoms with van der Waals surface area (Å²) in [6, 6.07) is 7.66. The number of carbonyl (C=O) groups excluding carboxylic acids is 1. The first-order chi connectivity index (χ1) is 15.7. The van der Waals surface area contributed by atoms with Crippen molar-refractivity contribution in [2.24, 2.45) is 5.92 Å². The van der Waals surface area contributed by atoms with Gasteiger partial charge in [-0.2, -0.15) is 0 Å². The lowest BCUT2D eigenvalue weighted by atomic mass is 9.92. The maximum Gasteiger partial charge on any atom is 0.152 e. The third-order valence-corrected chi connectivity index (χ3v) is 5.71. The monoisotopic (exact) mass is 437 g/mol. The number of nitrogens with one attached hydrogen (secondary N) is 2. The van der Waals surface area contributed by atoms with E-state index in [-0.39, 0.29) is 12.3 Å². The molecule has 170 valence electrons. The Kier molecular flexibility index (Phi) is 7.09. The molecule has 0 aliphatic carbocycles.